The zero-order chi connectivity index (χ0) is 18.0. The van der Waals surface area contributed by atoms with Crippen molar-refractivity contribution in [3.05, 3.63) is 58.6 Å². The molecule has 134 valence electrons. The van der Waals surface area contributed by atoms with Crippen LogP contribution in [0.15, 0.2) is 57.9 Å². The summed E-state index contributed by atoms with van der Waals surface area (Å²) < 4.78 is 34.0. The topological polar surface area (TPSA) is 49.9 Å². The molecule has 1 saturated heterocycles. The number of benzene rings is 2. The van der Waals surface area contributed by atoms with Crippen LogP contribution in [0.4, 0.5) is 0 Å². The Bertz CT molecular complexity index is 843. The lowest BCUT2D eigenvalue weighted by Crippen LogP contribution is -2.49. The van der Waals surface area contributed by atoms with E-state index in [1.54, 1.807) is 29.6 Å². The van der Waals surface area contributed by atoms with Crippen molar-refractivity contribution in [2.24, 2.45) is 0 Å². The fourth-order valence-electron chi connectivity index (χ4n) is 3.08. The summed E-state index contributed by atoms with van der Waals surface area (Å²) in [6, 6.07) is 14.5. The minimum atomic E-state index is -3.61. The Morgan fingerprint density at radius 2 is 1.84 bits per heavy atom. The quantitative estimate of drug-likeness (QED) is 0.756. The number of ether oxygens (including phenoxy) is 1. The molecule has 7 heteroatoms. The van der Waals surface area contributed by atoms with Gasteiger partial charge in [0.1, 0.15) is 5.75 Å². The fourth-order valence-corrected chi connectivity index (χ4v) is 5.40. The zero-order valence-electron chi connectivity index (χ0n) is 14.2. The molecule has 1 aliphatic rings. The van der Waals surface area contributed by atoms with Crippen molar-refractivity contribution in [1.29, 1.82) is 0 Å². The van der Waals surface area contributed by atoms with Crippen molar-refractivity contribution in [2.45, 2.75) is 10.9 Å². The maximum absolute atomic E-state index is 13.3. The van der Waals surface area contributed by atoms with Gasteiger partial charge in [0.05, 0.1) is 22.5 Å². The second kappa shape index (κ2) is 7.45. The highest BCUT2D eigenvalue weighted by Crippen LogP contribution is 2.33. The third-order valence-electron chi connectivity index (χ3n) is 4.45. The maximum atomic E-state index is 13.3. The molecular formula is C18H21BrN2O3S. The number of methoxy groups -OCH3 is 1. The van der Waals surface area contributed by atoms with Gasteiger partial charge in [-0.2, -0.15) is 4.31 Å². The van der Waals surface area contributed by atoms with Crippen molar-refractivity contribution in [2.75, 3.05) is 33.8 Å². The molecule has 0 amide bonds. The van der Waals surface area contributed by atoms with Crippen molar-refractivity contribution < 1.29 is 13.2 Å². The Balaban J connectivity index is 2.00. The van der Waals surface area contributed by atoms with Crippen molar-refractivity contribution in [3.63, 3.8) is 0 Å². The predicted molar refractivity (Wildman–Crippen MR) is 101 cm³/mol. The van der Waals surface area contributed by atoms with E-state index in [4.69, 9.17) is 4.74 Å². The van der Waals surface area contributed by atoms with Crippen molar-refractivity contribution in [1.82, 2.24) is 9.21 Å². The van der Waals surface area contributed by atoms with E-state index in [9.17, 15) is 8.42 Å². The smallest absolute Gasteiger partial charge is 0.243 e. The normalized spacial score (nSPS) is 19.7. The second-order valence-electron chi connectivity index (χ2n) is 6.10. The molecule has 1 heterocycles. The van der Waals surface area contributed by atoms with Gasteiger partial charge in [-0.1, -0.05) is 30.3 Å². The van der Waals surface area contributed by atoms with E-state index in [0.717, 1.165) is 5.56 Å². The first kappa shape index (κ1) is 18.4. The van der Waals surface area contributed by atoms with Gasteiger partial charge >= 0.3 is 0 Å². The van der Waals surface area contributed by atoms with E-state index >= 15 is 0 Å². The van der Waals surface area contributed by atoms with Crippen LogP contribution in [0.5, 0.6) is 5.75 Å². The van der Waals surface area contributed by atoms with E-state index in [-0.39, 0.29) is 10.9 Å². The SMILES string of the molecule is COc1ccc(S(=O)(=O)N2CCN(C)CC2c2ccccc2)cc1Br. The lowest BCUT2D eigenvalue weighted by atomic mass is 10.1. The number of nitrogens with zero attached hydrogens (tertiary/aromatic N) is 2. The summed E-state index contributed by atoms with van der Waals surface area (Å²) in [5, 5.41) is 0. The number of hydrogen-bond donors (Lipinski definition) is 0. The summed E-state index contributed by atoms with van der Waals surface area (Å²) in [5.74, 6) is 0.608. The van der Waals surface area contributed by atoms with Gasteiger partial charge in [-0.05, 0) is 46.7 Å². The molecular weight excluding hydrogens is 404 g/mol. The maximum Gasteiger partial charge on any atom is 0.243 e. The van der Waals surface area contributed by atoms with Gasteiger partial charge in [0, 0.05) is 19.6 Å². The second-order valence-corrected chi connectivity index (χ2v) is 8.85. The molecule has 0 saturated carbocycles. The molecule has 1 atom stereocenters. The number of sulfonamides is 1. The average molecular weight is 425 g/mol. The van der Waals surface area contributed by atoms with Gasteiger partial charge in [-0.25, -0.2) is 8.42 Å². The highest BCUT2D eigenvalue weighted by molar-refractivity contribution is 9.10. The van der Waals surface area contributed by atoms with Gasteiger partial charge < -0.3 is 9.64 Å². The molecule has 2 aromatic carbocycles. The van der Waals surface area contributed by atoms with Crippen LogP contribution in [0.3, 0.4) is 0 Å². The monoisotopic (exact) mass is 424 g/mol. The van der Waals surface area contributed by atoms with Crippen molar-refractivity contribution >= 4 is 26.0 Å². The lowest BCUT2D eigenvalue weighted by Gasteiger charge is -2.39. The summed E-state index contributed by atoms with van der Waals surface area (Å²) >= 11 is 3.38. The summed E-state index contributed by atoms with van der Waals surface area (Å²) in [6.07, 6.45) is 0. The molecule has 25 heavy (non-hydrogen) atoms. The summed E-state index contributed by atoms with van der Waals surface area (Å²) in [7, 11) is -0.0357. The lowest BCUT2D eigenvalue weighted by molar-refractivity contribution is 0.160. The van der Waals surface area contributed by atoms with Crippen LogP contribution in [0.1, 0.15) is 11.6 Å². The van der Waals surface area contributed by atoms with Crippen LogP contribution < -0.4 is 4.74 Å². The first-order valence-corrected chi connectivity index (χ1v) is 10.3. The van der Waals surface area contributed by atoms with Gasteiger partial charge in [-0.3, -0.25) is 0 Å². The fraction of sp³-hybridized carbons (Fsp3) is 0.333. The van der Waals surface area contributed by atoms with Crippen LogP contribution in [0.2, 0.25) is 0 Å². The van der Waals surface area contributed by atoms with Crippen LogP contribution >= 0.6 is 15.9 Å². The van der Waals surface area contributed by atoms with E-state index in [2.05, 4.69) is 20.8 Å². The predicted octanol–water partition coefficient (Wildman–Crippen LogP) is 3.14. The Morgan fingerprint density at radius 3 is 2.48 bits per heavy atom. The number of piperazine rings is 1. The minimum Gasteiger partial charge on any atom is -0.496 e. The highest BCUT2D eigenvalue weighted by Gasteiger charge is 2.36. The van der Waals surface area contributed by atoms with Gasteiger partial charge in [0.25, 0.3) is 0 Å². The summed E-state index contributed by atoms with van der Waals surface area (Å²) in [5.41, 5.74) is 1.00. The van der Waals surface area contributed by atoms with Gasteiger partial charge in [0.15, 0.2) is 0 Å². The van der Waals surface area contributed by atoms with Gasteiger partial charge in [0.2, 0.25) is 10.0 Å². The largest absolute Gasteiger partial charge is 0.496 e. The molecule has 1 fully saturated rings. The van der Waals surface area contributed by atoms with Gasteiger partial charge in [-0.15, -0.1) is 0 Å². The number of rotatable bonds is 4. The third-order valence-corrected chi connectivity index (χ3v) is 6.97. The number of likely N-dealkylation sites (N-methyl/N-ethyl adjacent to an activating group) is 1. The Kier molecular flexibility index (Phi) is 5.48. The molecule has 1 aliphatic heterocycles. The number of hydrogen-bond acceptors (Lipinski definition) is 4. The molecule has 1 unspecified atom stereocenters. The average Bonchev–Trinajstić information content (AvgIpc) is 2.62. The molecule has 3 rings (SSSR count). The Labute approximate surface area is 157 Å². The molecule has 5 nitrogen and oxygen atoms in total. The standard InChI is InChI=1S/C18H21BrN2O3S/c1-20-10-11-21(17(13-20)14-6-4-3-5-7-14)25(22,23)15-8-9-18(24-2)16(19)12-15/h3-9,12,17H,10-11,13H2,1-2H3. The molecule has 2 aromatic rings. The van der Waals surface area contributed by atoms with Crippen LogP contribution in [-0.4, -0.2) is 51.4 Å². The highest BCUT2D eigenvalue weighted by atomic mass is 79.9. The summed E-state index contributed by atoms with van der Waals surface area (Å²) in [6.45, 7) is 1.84. The third kappa shape index (κ3) is 3.74. The van der Waals surface area contributed by atoms with E-state index in [0.29, 0.717) is 29.9 Å². The molecule has 0 radical (unpaired) electrons. The van der Waals surface area contributed by atoms with Crippen LogP contribution in [-0.2, 0) is 10.0 Å². The Hall–Kier alpha value is -1.41. The molecule has 0 spiro atoms. The van der Waals surface area contributed by atoms with E-state index < -0.39 is 10.0 Å². The Morgan fingerprint density at radius 1 is 1.12 bits per heavy atom. The molecule has 0 bridgehead atoms. The van der Waals surface area contributed by atoms with Crippen molar-refractivity contribution in [3.8, 4) is 5.75 Å². The first-order valence-electron chi connectivity index (χ1n) is 8.02. The molecule has 0 aromatic heterocycles. The van der Waals surface area contributed by atoms with Crippen LogP contribution in [0.25, 0.3) is 0 Å². The summed E-state index contributed by atoms with van der Waals surface area (Å²) in [4.78, 5) is 2.43. The van der Waals surface area contributed by atoms with E-state index in [1.807, 2.05) is 37.4 Å². The molecule has 0 aliphatic carbocycles. The number of halogens is 1. The van der Waals surface area contributed by atoms with Crippen LogP contribution in [0, 0.1) is 0 Å². The minimum absolute atomic E-state index is 0.203. The first-order chi connectivity index (χ1) is 11.9. The molecule has 0 N–H and O–H groups in total. The zero-order valence-corrected chi connectivity index (χ0v) is 16.6. The van der Waals surface area contributed by atoms with E-state index in [1.165, 1.54) is 0 Å².